The zero-order valence-corrected chi connectivity index (χ0v) is 15.5. The van der Waals surface area contributed by atoms with E-state index in [1.807, 2.05) is 6.07 Å². The topological polar surface area (TPSA) is 86.6 Å². The molecule has 2 rings (SSSR count). The number of fused-ring (bicyclic) bond motifs is 1. The van der Waals surface area contributed by atoms with Crippen molar-refractivity contribution in [3.63, 3.8) is 0 Å². The molecular formula is C19H24N2O5. The summed E-state index contributed by atoms with van der Waals surface area (Å²) in [6.45, 7) is 6.21. The number of aromatic nitrogens is 1. The minimum absolute atomic E-state index is 0.189. The monoisotopic (exact) mass is 360 g/mol. The van der Waals surface area contributed by atoms with Crippen LogP contribution in [0.4, 0.5) is 4.79 Å². The minimum Gasteiger partial charge on any atom is -0.465 e. The fourth-order valence-corrected chi connectivity index (χ4v) is 2.45. The number of aryl methyl sites for hydroxylation is 1. The van der Waals surface area contributed by atoms with E-state index < -0.39 is 17.7 Å². The van der Waals surface area contributed by atoms with Gasteiger partial charge in [-0.15, -0.1) is 0 Å². The molecular weight excluding hydrogens is 336 g/mol. The number of benzene rings is 1. The predicted octanol–water partition coefficient (Wildman–Crippen LogP) is 2.70. The summed E-state index contributed by atoms with van der Waals surface area (Å²) in [5.74, 6) is -0.483. The number of carbonyl (C=O) groups is 2. The Bertz CT molecular complexity index is 864. The smallest absolute Gasteiger partial charge is 0.407 e. The molecule has 7 nitrogen and oxygen atoms in total. The molecule has 1 aromatic carbocycles. The van der Waals surface area contributed by atoms with Crippen LogP contribution in [0.3, 0.4) is 0 Å². The molecule has 0 aliphatic carbocycles. The maximum Gasteiger partial charge on any atom is 0.407 e. The molecule has 0 radical (unpaired) electrons. The Morgan fingerprint density at radius 3 is 2.58 bits per heavy atom. The van der Waals surface area contributed by atoms with E-state index in [0.717, 1.165) is 5.39 Å². The molecule has 0 aliphatic heterocycles. The first-order valence-corrected chi connectivity index (χ1v) is 8.39. The Hall–Kier alpha value is -2.83. The van der Waals surface area contributed by atoms with Crippen LogP contribution in [0.5, 0.6) is 0 Å². The highest BCUT2D eigenvalue weighted by Crippen LogP contribution is 2.13. The number of methoxy groups -OCH3 is 1. The summed E-state index contributed by atoms with van der Waals surface area (Å²) in [5, 5.41) is 3.87. The SMILES string of the molecule is COC(=O)c1ccc2ccn(CCCNC(=O)OC(C)(C)C)c(=O)c2c1. The summed E-state index contributed by atoms with van der Waals surface area (Å²) >= 11 is 0. The maximum absolute atomic E-state index is 12.6. The third-order valence-corrected chi connectivity index (χ3v) is 3.64. The summed E-state index contributed by atoms with van der Waals surface area (Å²) in [6.07, 6.45) is 1.79. The van der Waals surface area contributed by atoms with Gasteiger partial charge in [-0.05, 0) is 50.8 Å². The molecule has 0 bridgehead atoms. The molecule has 0 unspecified atom stereocenters. The Balaban J connectivity index is 2.04. The number of esters is 1. The lowest BCUT2D eigenvalue weighted by atomic mass is 10.1. The van der Waals surface area contributed by atoms with Crippen LogP contribution in [0.25, 0.3) is 10.8 Å². The van der Waals surface area contributed by atoms with Crippen molar-refractivity contribution in [1.29, 1.82) is 0 Å². The van der Waals surface area contributed by atoms with Crippen LogP contribution in [0.1, 0.15) is 37.6 Å². The molecule has 0 saturated heterocycles. The van der Waals surface area contributed by atoms with Gasteiger partial charge in [0.1, 0.15) is 5.60 Å². The fraction of sp³-hybridized carbons (Fsp3) is 0.421. The number of alkyl carbamates (subject to hydrolysis) is 1. The van der Waals surface area contributed by atoms with E-state index in [9.17, 15) is 14.4 Å². The van der Waals surface area contributed by atoms with E-state index in [-0.39, 0.29) is 5.56 Å². The van der Waals surface area contributed by atoms with Crippen molar-refractivity contribution in [1.82, 2.24) is 9.88 Å². The molecule has 1 N–H and O–H groups in total. The summed E-state index contributed by atoms with van der Waals surface area (Å²) in [7, 11) is 1.30. The Kier molecular flexibility index (Phi) is 6.02. The van der Waals surface area contributed by atoms with Crippen LogP contribution in [0, 0.1) is 0 Å². The van der Waals surface area contributed by atoms with Crippen LogP contribution in [0.2, 0.25) is 0 Å². The van der Waals surface area contributed by atoms with Gasteiger partial charge in [0.25, 0.3) is 5.56 Å². The Morgan fingerprint density at radius 1 is 1.19 bits per heavy atom. The van der Waals surface area contributed by atoms with Crippen LogP contribution >= 0.6 is 0 Å². The third-order valence-electron chi connectivity index (χ3n) is 3.64. The molecule has 1 heterocycles. The number of nitrogens with zero attached hydrogens (tertiary/aromatic N) is 1. The zero-order chi connectivity index (χ0) is 19.3. The summed E-state index contributed by atoms with van der Waals surface area (Å²) in [6, 6.07) is 6.71. The van der Waals surface area contributed by atoms with E-state index in [1.54, 1.807) is 49.7 Å². The molecule has 0 spiro atoms. The normalized spacial score (nSPS) is 11.2. The van der Waals surface area contributed by atoms with Crippen molar-refractivity contribution in [2.75, 3.05) is 13.7 Å². The van der Waals surface area contributed by atoms with Crippen molar-refractivity contribution in [3.8, 4) is 0 Å². The van der Waals surface area contributed by atoms with E-state index in [4.69, 9.17) is 9.47 Å². The van der Waals surface area contributed by atoms with Gasteiger partial charge in [-0.3, -0.25) is 4.79 Å². The number of rotatable bonds is 5. The standard InChI is InChI=1S/C19H24N2O5/c1-19(2,3)26-18(24)20-9-5-10-21-11-8-13-6-7-14(17(23)25-4)12-15(13)16(21)22/h6-8,11-12H,5,9-10H2,1-4H3,(H,20,24). The highest BCUT2D eigenvalue weighted by Gasteiger charge is 2.15. The molecule has 7 heteroatoms. The lowest BCUT2D eigenvalue weighted by molar-refractivity contribution is 0.0525. The molecule has 1 aromatic heterocycles. The first-order chi connectivity index (χ1) is 12.2. The molecule has 1 amide bonds. The van der Waals surface area contributed by atoms with Crippen molar-refractivity contribution >= 4 is 22.8 Å². The van der Waals surface area contributed by atoms with Gasteiger partial charge in [-0.25, -0.2) is 9.59 Å². The summed E-state index contributed by atoms with van der Waals surface area (Å²) in [5.41, 5.74) is -0.400. The number of hydrogen-bond donors (Lipinski definition) is 1. The quantitative estimate of drug-likeness (QED) is 0.654. The lowest BCUT2D eigenvalue weighted by Gasteiger charge is -2.19. The molecule has 26 heavy (non-hydrogen) atoms. The van der Waals surface area contributed by atoms with Crippen LogP contribution in [-0.4, -0.2) is 35.9 Å². The molecule has 0 fully saturated rings. The second-order valence-electron chi connectivity index (χ2n) is 6.89. The van der Waals surface area contributed by atoms with Crippen molar-refractivity contribution < 1.29 is 19.1 Å². The van der Waals surface area contributed by atoms with Gasteiger partial charge in [-0.1, -0.05) is 6.07 Å². The van der Waals surface area contributed by atoms with Gasteiger partial charge in [0.2, 0.25) is 0 Å². The Morgan fingerprint density at radius 2 is 1.92 bits per heavy atom. The van der Waals surface area contributed by atoms with Crippen LogP contribution in [0.15, 0.2) is 35.3 Å². The van der Waals surface area contributed by atoms with E-state index >= 15 is 0 Å². The number of amides is 1. The third kappa shape index (κ3) is 5.08. The molecule has 0 aliphatic rings. The van der Waals surface area contributed by atoms with E-state index in [2.05, 4.69) is 5.32 Å². The molecule has 2 aromatic rings. The second-order valence-corrected chi connectivity index (χ2v) is 6.89. The van der Waals surface area contributed by atoms with Crippen LogP contribution < -0.4 is 10.9 Å². The lowest BCUT2D eigenvalue weighted by Crippen LogP contribution is -2.33. The summed E-state index contributed by atoms with van der Waals surface area (Å²) in [4.78, 5) is 35.8. The minimum atomic E-state index is -0.545. The number of pyridine rings is 1. The Labute approximate surface area is 151 Å². The first-order valence-electron chi connectivity index (χ1n) is 8.39. The average Bonchev–Trinajstić information content (AvgIpc) is 2.58. The first kappa shape index (κ1) is 19.5. The number of ether oxygens (including phenoxy) is 2. The van der Waals surface area contributed by atoms with Gasteiger partial charge >= 0.3 is 12.1 Å². The van der Waals surface area contributed by atoms with E-state index in [1.165, 1.54) is 7.11 Å². The highest BCUT2D eigenvalue weighted by atomic mass is 16.6. The van der Waals surface area contributed by atoms with Crippen molar-refractivity contribution in [3.05, 3.63) is 46.4 Å². The fourth-order valence-electron chi connectivity index (χ4n) is 2.45. The molecule has 0 atom stereocenters. The van der Waals surface area contributed by atoms with Gasteiger partial charge in [0.15, 0.2) is 0 Å². The van der Waals surface area contributed by atoms with Crippen molar-refractivity contribution in [2.45, 2.75) is 39.3 Å². The van der Waals surface area contributed by atoms with Crippen molar-refractivity contribution in [2.24, 2.45) is 0 Å². The molecule has 0 saturated carbocycles. The van der Waals surface area contributed by atoms with Gasteiger partial charge in [0, 0.05) is 24.7 Å². The molecule has 140 valence electrons. The maximum atomic E-state index is 12.6. The predicted molar refractivity (Wildman–Crippen MR) is 98.4 cm³/mol. The zero-order valence-electron chi connectivity index (χ0n) is 15.5. The average molecular weight is 360 g/mol. The second kappa shape index (κ2) is 8.03. The van der Waals surface area contributed by atoms with Crippen LogP contribution in [-0.2, 0) is 16.0 Å². The number of hydrogen-bond acceptors (Lipinski definition) is 5. The van der Waals surface area contributed by atoms with Gasteiger partial charge < -0.3 is 19.4 Å². The largest absolute Gasteiger partial charge is 0.465 e. The van der Waals surface area contributed by atoms with Gasteiger partial charge in [0.05, 0.1) is 12.7 Å². The van der Waals surface area contributed by atoms with E-state index in [0.29, 0.717) is 30.5 Å². The summed E-state index contributed by atoms with van der Waals surface area (Å²) < 4.78 is 11.4. The number of nitrogens with one attached hydrogen (secondary N) is 1. The van der Waals surface area contributed by atoms with Gasteiger partial charge in [-0.2, -0.15) is 0 Å². The number of carbonyl (C=O) groups excluding carboxylic acids is 2. The highest BCUT2D eigenvalue weighted by molar-refractivity contribution is 5.95.